The normalized spacial score (nSPS) is 11.4. The average molecular weight is 426 g/mol. The van der Waals surface area contributed by atoms with Crippen molar-refractivity contribution in [3.63, 3.8) is 0 Å². The first-order valence-electron chi connectivity index (χ1n) is 5.26. The van der Waals surface area contributed by atoms with Crippen molar-refractivity contribution in [3.8, 4) is 5.75 Å². The third kappa shape index (κ3) is 2.96. The Bertz CT molecular complexity index is 725. The molecule has 0 saturated heterocycles. The molecule has 0 amide bonds. The highest BCUT2D eigenvalue weighted by molar-refractivity contribution is 9.10. The van der Waals surface area contributed by atoms with Gasteiger partial charge in [0.2, 0.25) is 5.03 Å². The van der Waals surface area contributed by atoms with E-state index < -0.39 is 10.0 Å². The molecule has 108 valence electrons. The van der Waals surface area contributed by atoms with Crippen LogP contribution in [0.3, 0.4) is 0 Å². The van der Waals surface area contributed by atoms with E-state index in [-0.39, 0.29) is 9.63 Å². The van der Waals surface area contributed by atoms with E-state index in [1.165, 1.54) is 18.8 Å². The minimum atomic E-state index is -3.82. The Balaban J connectivity index is 2.43. The van der Waals surface area contributed by atoms with Gasteiger partial charge in [0.15, 0.2) is 4.60 Å². The molecule has 2 aromatic rings. The number of sulfonamides is 1. The van der Waals surface area contributed by atoms with E-state index in [1.54, 1.807) is 18.2 Å². The third-order valence-electron chi connectivity index (χ3n) is 2.41. The van der Waals surface area contributed by atoms with Gasteiger partial charge < -0.3 is 4.74 Å². The smallest absolute Gasteiger partial charge is 0.281 e. The molecule has 0 radical (unpaired) electrons. The number of aryl methyl sites for hydroxylation is 1. The van der Waals surface area contributed by atoms with Gasteiger partial charge in [-0.1, -0.05) is 5.21 Å². The van der Waals surface area contributed by atoms with Crippen LogP contribution in [0.15, 0.2) is 32.3 Å². The zero-order chi connectivity index (χ0) is 14.9. The predicted octanol–water partition coefficient (Wildman–Crippen LogP) is 2.15. The fourth-order valence-corrected chi connectivity index (χ4v) is 4.16. The molecular weight excluding hydrogens is 416 g/mol. The lowest BCUT2D eigenvalue weighted by Gasteiger charge is -2.11. The van der Waals surface area contributed by atoms with Gasteiger partial charge in [0, 0.05) is 17.6 Å². The molecule has 7 nitrogen and oxygen atoms in total. The maximum atomic E-state index is 12.4. The molecule has 0 aliphatic rings. The van der Waals surface area contributed by atoms with Crippen LogP contribution in [-0.2, 0) is 17.1 Å². The highest BCUT2D eigenvalue weighted by Crippen LogP contribution is 2.30. The number of hydrogen-bond donors (Lipinski definition) is 1. The summed E-state index contributed by atoms with van der Waals surface area (Å²) in [7, 11) is -0.827. The molecule has 0 atom stereocenters. The predicted molar refractivity (Wildman–Crippen MR) is 80.2 cm³/mol. The summed E-state index contributed by atoms with van der Waals surface area (Å²) >= 11 is 6.34. The van der Waals surface area contributed by atoms with Crippen LogP contribution in [0.25, 0.3) is 0 Å². The minimum absolute atomic E-state index is 0.0628. The number of rotatable bonds is 4. The van der Waals surface area contributed by atoms with Crippen molar-refractivity contribution in [2.24, 2.45) is 7.05 Å². The summed E-state index contributed by atoms with van der Waals surface area (Å²) in [4.78, 5) is 0. The Morgan fingerprint density at radius 1 is 1.35 bits per heavy atom. The molecular formula is C10H10Br2N4O3S. The van der Waals surface area contributed by atoms with Crippen LogP contribution in [0, 0.1) is 0 Å². The molecule has 1 N–H and O–H groups in total. The number of halogens is 2. The number of anilines is 1. The molecule has 10 heteroatoms. The van der Waals surface area contributed by atoms with Gasteiger partial charge in [-0.05, 0) is 44.0 Å². The Morgan fingerprint density at radius 3 is 2.60 bits per heavy atom. The van der Waals surface area contributed by atoms with Crippen molar-refractivity contribution in [1.82, 2.24) is 15.0 Å². The molecule has 0 aliphatic carbocycles. The molecule has 2 rings (SSSR count). The topological polar surface area (TPSA) is 86.1 Å². The second kappa shape index (κ2) is 5.70. The third-order valence-corrected chi connectivity index (χ3v) is 5.35. The monoisotopic (exact) mass is 424 g/mol. The number of ether oxygens (including phenoxy) is 1. The molecule has 0 saturated carbocycles. The second-order valence-electron chi connectivity index (χ2n) is 3.76. The quantitative estimate of drug-likeness (QED) is 0.810. The minimum Gasteiger partial charge on any atom is -0.497 e. The summed E-state index contributed by atoms with van der Waals surface area (Å²) in [6.07, 6.45) is 0. The van der Waals surface area contributed by atoms with Crippen LogP contribution in [-0.4, -0.2) is 30.5 Å². The van der Waals surface area contributed by atoms with Gasteiger partial charge >= 0.3 is 0 Å². The molecule has 0 aliphatic heterocycles. The van der Waals surface area contributed by atoms with E-state index in [2.05, 4.69) is 46.9 Å². The Kier molecular flexibility index (Phi) is 4.35. The number of methoxy groups -OCH3 is 1. The molecule has 0 spiro atoms. The molecule has 20 heavy (non-hydrogen) atoms. The van der Waals surface area contributed by atoms with Gasteiger partial charge in [0.05, 0.1) is 12.8 Å². The maximum Gasteiger partial charge on any atom is 0.281 e. The van der Waals surface area contributed by atoms with Crippen LogP contribution in [0.2, 0.25) is 0 Å². The highest BCUT2D eigenvalue weighted by Gasteiger charge is 2.24. The summed E-state index contributed by atoms with van der Waals surface area (Å²) < 4.78 is 34.1. The summed E-state index contributed by atoms with van der Waals surface area (Å²) in [6, 6.07) is 4.97. The van der Waals surface area contributed by atoms with Gasteiger partial charge in [-0.15, -0.1) is 5.10 Å². The van der Waals surface area contributed by atoms with Gasteiger partial charge in [-0.3, -0.25) is 4.72 Å². The fourth-order valence-electron chi connectivity index (χ4n) is 1.51. The first-order valence-corrected chi connectivity index (χ1v) is 8.33. The average Bonchev–Trinajstić information content (AvgIpc) is 2.72. The lowest BCUT2D eigenvalue weighted by Crippen LogP contribution is -2.17. The Labute approximate surface area is 132 Å². The van der Waals surface area contributed by atoms with Crippen molar-refractivity contribution in [2.75, 3.05) is 11.8 Å². The van der Waals surface area contributed by atoms with Gasteiger partial charge in [0.1, 0.15) is 5.75 Å². The summed E-state index contributed by atoms with van der Waals surface area (Å²) in [5.74, 6) is 0.535. The van der Waals surface area contributed by atoms with E-state index in [1.807, 2.05) is 0 Å². The molecule has 1 aromatic carbocycles. The summed E-state index contributed by atoms with van der Waals surface area (Å²) in [6.45, 7) is 0. The standard InChI is InChI=1S/C10H10Br2N4O3S/c1-16-10(9(12)13-15-16)20(17,18)14-8-5-6(19-2)3-4-7(8)11/h3-5,14H,1-2H3. The Hall–Kier alpha value is -1.13. The van der Waals surface area contributed by atoms with E-state index in [0.29, 0.717) is 15.9 Å². The molecule has 0 unspecified atom stereocenters. The van der Waals surface area contributed by atoms with Crippen LogP contribution in [0.1, 0.15) is 0 Å². The number of aromatic nitrogens is 3. The first kappa shape index (κ1) is 15.3. The highest BCUT2D eigenvalue weighted by atomic mass is 79.9. The van der Waals surface area contributed by atoms with Crippen molar-refractivity contribution >= 4 is 47.6 Å². The van der Waals surface area contributed by atoms with Crippen LogP contribution >= 0.6 is 31.9 Å². The van der Waals surface area contributed by atoms with Gasteiger partial charge in [-0.2, -0.15) is 8.42 Å². The summed E-state index contributed by atoms with van der Waals surface area (Å²) in [5, 5.41) is 7.24. The van der Waals surface area contributed by atoms with Crippen molar-refractivity contribution < 1.29 is 13.2 Å². The zero-order valence-corrected chi connectivity index (χ0v) is 14.5. The van der Waals surface area contributed by atoms with E-state index >= 15 is 0 Å². The molecule has 0 fully saturated rings. The summed E-state index contributed by atoms with van der Waals surface area (Å²) in [5.41, 5.74) is 0.359. The van der Waals surface area contributed by atoms with Crippen molar-refractivity contribution in [3.05, 3.63) is 27.3 Å². The maximum absolute atomic E-state index is 12.4. The van der Waals surface area contributed by atoms with Gasteiger partial charge in [-0.25, -0.2) is 4.68 Å². The Morgan fingerprint density at radius 2 is 2.05 bits per heavy atom. The van der Waals surface area contributed by atoms with E-state index in [9.17, 15) is 8.42 Å². The number of nitrogens with zero attached hydrogens (tertiary/aromatic N) is 3. The lowest BCUT2D eigenvalue weighted by molar-refractivity contribution is 0.415. The number of nitrogens with one attached hydrogen (secondary N) is 1. The van der Waals surface area contributed by atoms with Crippen molar-refractivity contribution in [2.45, 2.75) is 5.03 Å². The van der Waals surface area contributed by atoms with Crippen LogP contribution < -0.4 is 9.46 Å². The van der Waals surface area contributed by atoms with Crippen molar-refractivity contribution in [1.29, 1.82) is 0 Å². The first-order chi connectivity index (χ1) is 9.35. The molecule has 1 heterocycles. The SMILES string of the molecule is COc1ccc(Br)c(NS(=O)(=O)c2c(Br)nnn2C)c1. The zero-order valence-electron chi connectivity index (χ0n) is 10.5. The van der Waals surface area contributed by atoms with Crippen LogP contribution in [0.5, 0.6) is 5.75 Å². The second-order valence-corrected chi connectivity index (χ2v) is 6.96. The number of benzene rings is 1. The fraction of sp³-hybridized carbons (Fsp3) is 0.200. The molecule has 0 bridgehead atoms. The molecule has 1 aromatic heterocycles. The van der Waals surface area contributed by atoms with Gasteiger partial charge in [0.25, 0.3) is 10.0 Å². The van der Waals surface area contributed by atoms with Crippen LogP contribution in [0.4, 0.5) is 5.69 Å². The number of hydrogen-bond acceptors (Lipinski definition) is 5. The lowest BCUT2D eigenvalue weighted by atomic mass is 10.3. The van der Waals surface area contributed by atoms with E-state index in [0.717, 1.165) is 0 Å². The largest absolute Gasteiger partial charge is 0.497 e. The van der Waals surface area contributed by atoms with E-state index in [4.69, 9.17) is 4.74 Å².